The van der Waals surface area contributed by atoms with Crippen molar-refractivity contribution in [2.45, 2.75) is 20.8 Å². The van der Waals surface area contributed by atoms with Crippen LogP contribution in [0.25, 0.3) is 10.1 Å². The van der Waals surface area contributed by atoms with Gasteiger partial charge in [-0.25, -0.2) is 0 Å². The summed E-state index contributed by atoms with van der Waals surface area (Å²) < 4.78 is 1.05. The summed E-state index contributed by atoms with van der Waals surface area (Å²) in [6.45, 7) is 5.86. The first-order chi connectivity index (χ1) is 6.83. The van der Waals surface area contributed by atoms with E-state index >= 15 is 0 Å². The van der Waals surface area contributed by atoms with E-state index in [2.05, 4.69) is 11.1 Å². The quantitative estimate of drug-likeness (QED) is 0.658. The van der Waals surface area contributed by atoms with Gasteiger partial charge in [-0.15, -0.1) is 11.3 Å². The molecule has 0 fully saturated rings. The van der Waals surface area contributed by atoms with Crippen LogP contribution in [0, 0.1) is 18.3 Å². The van der Waals surface area contributed by atoms with Gasteiger partial charge in [0.1, 0.15) is 6.07 Å². The van der Waals surface area contributed by atoms with Crippen LogP contribution in [0.1, 0.15) is 25.1 Å². The van der Waals surface area contributed by atoms with Gasteiger partial charge in [0.25, 0.3) is 0 Å². The van der Waals surface area contributed by atoms with Crippen molar-refractivity contribution in [3.63, 3.8) is 0 Å². The van der Waals surface area contributed by atoms with Crippen LogP contribution in [0.2, 0.25) is 0 Å². The number of aromatic nitrogens is 1. The molecule has 0 spiro atoms. The van der Waals surface area contributed by atoms with Crippen LogP contribution >= 0.6 is 11.3 Å². The van der Waals surface area contributed by atoms with E-state index in [1.807, 2.05) is 38.4 Å². The molecule has 0 amide bonds. The first-order valence-electron chi connectivity index (χ1n) is 4.56. The SMILES string of the molecule is CC.Cc1ncc2ccsc2c1C#N. The Morgan fingerprint density at radius 3 is 2.79 bits per heavy atom. The largest absolute Gasteiger partial charge is 0.259 e. The Labute approximate surface area is 87.8 Å². The van der Waals surface area contributed by atoms with Crippen LogP contribution in [0.15, 0.2) is 17.6 Å². The molecule has 2 heterocycles. The molecular formula is C11H12N2S. The lowest BCUT2D eigenvalue weighted by Gasteiger charge is -1.95. The number of pyridine rings is 1. The molecule has 2 aromatic heterocycles. The van der Waals surface area contributed by atoms with E-state index in [1.54, 1.807) is 11.3 Å². The van der Waals surface area contributed by atoms with Crippen molar-refractivity contribution in [1.82, 2.24) is 4.98 Å². The number of nitriles is 1. The fourth-order valence-electron chi connectivity index (χ4n) is 1.15. The number of thiophene rings is 1. The third kappa shape index (κ3) is 1.75. The molecule has 0 aromatic carbocycles. The second-order valence-corrected chi connectivity index (χ2v) is 3.45. The van der Waals surface area contributed by atoms with Crippen molar-refractivity contribution in [1.29, 1.82) is 5.26 Å². The van der Waals surface area contributed by atoms with E-state index in [-0.39, 0.29) is 0 Å². The summed E-state index contributed by atoms with van der Waals surface area (Å²) in [5, 5.41) is 11.9. The topological polar surface area (TPSA) is 36.7 Å². The molecule has 0 N–H and O–H groups in total. The van der Waals surface area contributed by atoms with Crippen LogP contribution in [-0.4, -0.2) is 4.98 Å². The Balaban J connectivity index is 0.000000461. The van der Waals surface area contributed by atoms with Crippen LogP contribution in [0.4, 0.5) is 0 Å². The highest BCUT2D eigenvalue weighted by molar-refractivity contribution is 7.17. The number of nitrogens with zero attached hydrogens (tertiary/aromatic N) is 2. The first kappa shape index (κ1) is 10.7. The van der Waals surface area contributed by atoms with Gasteiger partial charge in [-0.3, -0.25) is 4.98 Å². The Hall–Kier alpha value is -1.40. The number of aryl methyl sites for hydroxylation is 1. The van der Waals surface area contributed by atoms with E-state index in [1.165, 1.54) is 0 Å². The molecule has 72 valence electrons. The minimum absolute atomic E-state index is 0.711. The summed E-state index contributed by atoms with van der Waals surface area (Å²) in [4.78, 5) is 4.13. The smallest absolute Gasteiger partial charge is 0.103 e. The summed E-state index contributed by atoms with van der Waals surface area (Å²) >= 11 is 1.59. The van der Waals surface area contributed by atoms with Gasteiger partial charge in [-0.2, -0.15) is 5.26 Å². The fraction of sp³-hybridized carbons (Fsp3) is 0.273. The van der Waals surface area contributed by atoms with Gasteiger partial charge in [0.2, 0.25) is 0 Å². The zero-order valence-corrected chi connectivity index (χ0v) is 9.35. The van der Waals surface area contributed by atoms with Gasteiger partial charge in [-0.1, -0.05) is 13.8 Å². The highest BCUT2D eigenvalue weighted by Gasteiger charge is 2.05. The minimum Gasteiger partial charge on any atom is -0.259 e. The predicted octanol–water partition coefficient (Wildman–Crippen LogP) is 3.50. The van der Waals surface area contributed by atoms with Crippen molar-refractivity contribution in [2.24, 2.45) is 0 Å². The normalized spacial score (nSPS) is 9.00. The third-order valence-electron chi connectivity index (χ3n) is 1.79. The lowest BCUT2D eigenvalue weighted by Crippen LogP contribution is -1.85. The molecule has 0 saturated heterocycles. The standard InChI is InChI=1S/C9H6N2S.C2H6/c1-6-8(4-10)9-7(5-11-6)2-3-12-9;1-2/h2-3,5H,1H3;1-2H3. The molecule has 0 aliphatic heterocycles. The van der Waals surface area contributed by atoms with Crippen molar-refractivity contribution < 1.29 is 0 Å². The van der Waals surface area contributed by atoms with Gasteiger partial charge in [0.05, 0.1) is 16.0 Å². The summed E-state index contributed by atoms with van der Waals surface area (Å²) in [5.41, 5.74) is 1.52. The van der Waals surface area contributed by atoms with Crippen LogP contribution < -0.4 is 0 Å². The Morgan fingerprint density at radius 1 is 1.43 bits per heavy atom. The molecule has 0 aliphatic rings. The van der Waals surface area contributed by atoms with Gasteiger partial charge < -0.3 is 0 Å². The fourth-order valence-corrected chi connectivity index (χ4v) is 2.07. The van der Waals surface area contributed by atoms with Crippen LogP contribution in [0.3, 0.4) is 0 Å². The van der Waals surface area contributed by atoms with Crippen molar-refractivity contribution in [3.05, 3.63) is 28.9 Å². The molecule has 0 bridgehead atoms. The van der Waals surface area contributed by atoms with Gasteiger partial charge in [0, 0.05) is 11.6 Å². The summed E-state index contributed by atoms with van der Waals surface area (Å²) in [5.74, 6) is 0. The number of fused-ring (bicyclic) bond motifs is 1. The molecule has 0 saturated carbocycles. The molecule has 3 heteroatoms. The molecule has 2 nitrogen and oxygen atoms in total. The molecule has 0 radical (unpaired) electrons. The number of hydrogen-bond acceptors (Lipinski definition) is 3. The number of rotatable bonds is 0. The van der Waals surface area contributed by atoms with E-state index in [9.17, 15) is 0 Å². The van der Waals surface area contributed by atoms with Gasteiger partial charge in [0.15, 0.2) is 0 Å². The van der Waals surface area contributed by atoms with Crippen molar-refractivity contribution in [3.8, 4) is 6.07 Å². The third-order valence-corrected chi connectivity index (χ3v) is 2.74. The highest BCUT2D eigenvalue weighted by atomic mass is 32.1. The maximum Gasteiger partial charge on any atom is 0.103 e. The zero-order valence-electron chi connectivity index (χ0n) is 8.53. The summed E-state index contributed by atoms with van der Waals surface area (Å²) in [6.07, 6.45) is 1.81. The van der Waals surface area contributed by atoms with Gasteiger partial charge >= 0.3 is 0 Å². The monoisotopic (exact) mass is 204 g/mol. The molecule has 0 atom stereocenters. The van der Waals surface area contributed by atoms with E-state index in [0.717, 1.165) is 15.8 Å². The Morgan fingerprint density at radius 2 is 2.14 bits per heavy atom. The Bertz CT molecular complexity index is 466. The summed E-state index contributed by atoms with van der Waals surface area (Å²) in [6, 6.07) is 4.15. The second-order valence-electron chi connectivity index (χ2n) is 2.54. The van der Waals surface area contributed by atoms with Crippen molar-refractivity contribution >= 4 is 21.4 Å². The van der Waals surface area contributed by atoms with Crippen LogP contribution in [-0.2, 0) is 0 Å². The lowest BCUT2D eigenvalue weighted by molar-refractivity contribution is 1.21. The van der Waals surface area contributed by atoms with Gasteiger partial charge in [-0.05, 0) is 18.4 Å². The molecule has 2 aromatic rings. The molecular weight excluding hydrogens is 192 g/mol. The molecule has 2 rings (SSSR count). The Kier molecular flexibility index (Phi) is 3.61. The summed E-state index contributed by atoms with van der Waals surface area (Å²) in [7, 11) is 0. The predicted molar refractivity (Wildman–Crippen MR) is 60.4 cm³/mol. The molecule has 0 aliphatic carbocycles. The van der Waals surface area contributed by atoms with E-state index in [0.29, 0.717) is 5.56 Å². The highest BCUT2D eigenvalue weighted by Crippen LogP contribution is 2.24. The van der Waals surface area contributed by atoms with Crippen molar-refractivity contribution in [2.75, 3.05) is 0 Å². The minimum atomic E-state index is 0.711. The maximum atomic E-state index is 8.85. The average Bonchev–Trinajstić information content (AvgIpc) is 2.69. The van der Waals surface area contributed by atoms with E-state index in [4.69, 9.17) is 5.26 Å². The number of hydrogen-bond donors (Lipinski definition) is 0. The maximum absolute atomic E-state index is 8.85. The molecule has 14 heavy (non-hydrogen) atoms. The van der Waals surface area contributed by atoms with E-state index < -0.39 is 0 Å². The first-order valence-corrected chi connectivity index (χ1v) is 5.44. The van der Waals surface area contributed by atoms with Crippen LogP contribution in [0.5, 0.6) is 0 Å². The average molecular weight is 204 g/mol. The zero-order chi connectivity index (χ0) is 10.6. The second kappa shape index (κ2) is 4.73. The molecule has 0 unspecified atom stereocenters. The lowest BCUT2D eigenvalue weighted by atomic mass is 10.2.